The quantitative estimate of drug-likeness (QED) is 0.838. The first-order valence-electron chi connectivity index (χ1n) is 8.52. The zero-order valence-corrected chi connectivity index (χ0v) is 13.8. The summed E-state index contributed by atoms with van der Waals surface area (Å²) in [5, 5.41) is 5.65. The Hall–Kier alpha value is -2.77. The number of urea groups is 1. The molecule has 8 heteroatoms. The van der Waals surface area contributed by atoms with Gasteiger partial charge in [-0.25, -0.2) is 9.59 Å². The molecule has 25 heavy (non-hydrogen) atoms. The Kier molecular flexibility index (Phi) is 3.95. The number of fused-ring (bicyclic) bond motifs is 1. The molecule has 8 nitrogen and oxygen atoms in total. The summed E-state index contributed by atoms with van der Waals surface area (Å²) in [6.07, 6.45) is 1.25. The summed E-state index contributed by atoms with van der Waals surface area (Å²) in [6, 6.07) is 5.21. The minimum absolute atomic E-state index is 0.00932. The molecule has 1 aromatic carbocycles. The summed E-state index contributed by atoms with van der Waals surface area (Å²) in [6.45, 7) is 2.72. The predicted octanol–water partition coefficient (Wildman–Crippen LogP) is 1.03. The van der Waals surface area contributed by atoms with Crippen molar-refractivity contribution in [3.63, 3.8) is 0 Å². The zero-order chi connectivity index (χ0) is 17.4. The van der Waals surface area contributed by atoms with Crippen LogP contribution in [0, 0.1) is 0 Å². The van der Waals surface area contributed by atoms with E-state index in [1.165, 1.54) is 0 Å². The molecule has 0 radical (unpaired) electrons. The van der Waals surface area contributed by atoms with E-state index in [-0.39, 0.29) is 24.1 Å². The first-order chi connectivity index (χ1) is 12.1. The van der Waals surface area contributed by atoms with Crippen LogP contribution in [-0.4, -0.2) is 66.7 Å². The molecule has 3 aliphatic rings. The third-order valence-corrected chi connectivity index (χ3v) is 4.97. The normalized spacial score (nSPS) is 22.5. The number of nitrogens with one attached hydrogen (secondary N) is 2. The Labute approximate surface area is 145 Å². The lowest BCUT2D eigenvalue weighted by atomic mass is 10.00. The second-order valence-corrected chi connectivity index (χ2v) is 6.50. The van der Waals surface area contributed by atoms with Gasteiger partial charge in [-0.3, -0.25) is 9.69 Å². The number of hydrogen-bond donors (Lipinski definition) is 2. The van der Waals surface area contributed by atoms with E-state index in [0.717, 1.165) is 18.4 Å². The molecule has 2 fully saturated rings. The Morgan fingerprint density at radius 1 is 1.28 bits per heavy atom. The molecule has 0 aliphatic carbocycles. The minimum Gasteiger partial charge on any atom is -0.448 e. The number of benzene rings is 1. The van der Waals surface area contributed by atoms with Gasteiger partial charge in [0, 0.05) is 30.9 Å². The maximum absolute atomic E-state index is 12.5. The van der Waals surface area contributed by atoms with Gasteiger partial charge in [0.25, 0.3) is 5.91 Å². The molecule has 4 rings (SSSR count). The van der Waals surface area contributed by atoms with Crippen molar-refractivity contribution in [2.24, 2.45) is 0 Å². The molecule has 4 amide bonds. The van der Waals surface area contributed by atoms with Gasteiger partial charge in [0.15, 0.2) is 0 Å². The summed E-state index contributed by atoms with van der Waals surface area (Å²) in [7, 11) is 0. The Balaban J connectivity index is 1.40. The van der Waals surface area contributed by atoms with Crippen molar-refractivity contribution in [3.8, 4) is 0 Å². The molecular formula is C17H20N4O4. The van der Waals surface area contributed by atoms with Crippen molar-refractivity contribution in [3.05, 3.63) is 29.3 Å². The van der Waals surface area contributed by atoms with Crippen molar-refractivity contribution in [1.82, 2.24) is 15.1 Å². The molecule has 0 aromatic heterocycles. The van der Waals surface area contributed by atoms with Gasteiger partial charge in [-0.05, 0) is 30.5 Å². The van der Waals surface area contributed by atoms with E-state index in [0.29, 0.717) is 44.0 Å². The molecule has 2 N–H and O–H groups in total. The molecule has 0 spiro atoms. The second-order valence-electron chi connectivity index (χ2n) is 6.50. The fraction of sp³-hybridized carbons (Fsp3) is 0.471. The summed E-state index contributed by atoms with van der Waals surface area (Å²) in [4.78, 5) is 39.4. The number of carbonyl (C=O) groups is 3. The molecule has 0 bridgehead atoms. The SMILES string of the molecule is O=C1NCCc2ccc(NC(=O)N3CCC(N4CCOC4=O)C3)cc21. The van der Waals surface area contributed by atoms with E-state index in [1.807, 2.05) is 12.1 Å². The number of hydrogen-bond acceptors (Lipinski definition) is 4. The number of ether oxygens (including phenoxy) is 1. The third kappa shape index (κ3) is 2.99. The summed E-state index contributed by atoms with van der Waals surface area (Å²) in [5.41, 5.74) is 2.21. The fourth-order valence-electron chi connectivity index (χ4n) is 3.61. The number of anilines is 1. The highest BCUT2D eigenvalue weighted by atomic mass is 16.6. The van der Waals surface area contributed by atoms with Gasteiger partial charge in [-0.2, -0.15) is 0 Å². The average molecular weight is 344 g/mol. The molecule has 132 valence electrons. The van der Waals surface area contributed by atoms with Crippen LogP contribution in [0.5, 0.6) is 0 Å². The molecule has 2 saturated heterocycles. The van der Waals surface area contributed by atoms with Crippen molar-refractivity contribution in [2.45, 2.75) is 18.9 Å². The van der Waals surface area contributed by atoms with Crippen molar-refractivity contribution in [1.29, 1.82) is 0 Å². The van der Waals surface area contributed by atoms with Gasteiger partial charge in [0.05, 0.1) is 12.6 Å². The second kappa shape index (κ2) is 6.27. The van der Waals surface area contributed by atoms with Crippen LogP contribution in [-0.2, 0) is 11.2 Å². The molecule has 3 heterocycles. The number of nitrogens with zero attached hydrogens (tertiary/aromatic N) is 2. The van der Waals surface area contributed by atoms with E-state index in [1.54, 1.807) is 15.9 Å². The van der Waals surface area contributed by atoms with Crippen molar-refractivity contribution >= 4 is 23.7 Å². The highest BCUT2D eigenvalue weighted by molar-refractivity contribution is 5.99. The van der Waals surface area contributed by atoms with Gasteiger partial charge < -0.3 is 20.3 Å². The number of likely N-dealkylation sites (tertiary alicyclic amines) is 1. The first-order valence-corrected chi connectivity index (χ1v) is 8.52. The Bertz CT molecular complexity index is 735. The van der Waals surface area contributed by atoms with E-state index in [2.05, 4.69) is 10.6 Å². The Morgan fingerprint density at radius 2 is 2.16 bits per heavy atom. The van der Waals surface area contributed by atoms with Crippen molar-refractivity contribution in [2.75, 3.05) is 38.1 Å². The van der Waals surface area contributed by atoms with Crippen LogP contribution >= 0.6 is 0 Å². The molecule has 1 atom stereocenters. The number of amides is 4. The maximum atomic E-state index is 12.5. The minimum atomic E-state index is -0.298. The molecular weight excluding hydrogens is 324 g/mol. The standard InChI is InChI=1S/C17H20N4O4/c22-15-14-9-12(2-1-11(14)3-5-18-15)19-16(23)20-6-4-13(10-20)21-7-8-25-17(21)24/h1-2,9,13H,3-8,10H2,(H,18,22)(H,19,23). The highest BCUT2D eigenvalue weighted by Gasteiger charge is 2.36. The van der Waals surface area contributed by atoms with Crippen LogP contribution in [0.4, 0.5) is 15.3 Å². The van der Waals surface area contributed by atoms with Crippen LogP contribution in [0.2, 0.25) is 0 Å². The summed E-state index contributed by atoms with van der Waals surface area (Å²) >= 11 is 0. The lowest BCUT2D eigenvalue weighted by Gasteiger charge is -2.22. The third-order valence-electron chi connectivity index (χ3n) is 4.97. The van der Waals surface area contributed by atoms with E-state index in [9.17, 15) is 14.4 Å². The van der Waals surface area contributed by atoms with E-state index in [4.69, 9.17) is 4.74 Å². The van der Waals surface area contributed by atoms with E-state index >= 15 is 0 Å². The molecule has 0 saturated carbocycles. The average Bonchev–Trinajstić information content (AvgIpc) is 3.24. The fourth-order valence-corrected chi connectivity index (χ4v) is 3.61. The van der Waals surface area contributed by atoms with Gasteiger partial charge in [0.1, 0.15) is 6.61 Å². The molecule has 1 unspecified atom stereocenters. The van der Waals surface area contributed by atoms with Crippen molar-refractivity contribution < 1.29 is 19.1 Å². The maximum Gasteiger partial charge on any atom is 0.410 e. The highest BCUT2D eigenvalue weighted by Crippen LogP contribution is 2.22. The number of rotatable bonds is 2. The monoisotopic (exact) mass is 344 g/mol. The molecule has 1 aromatic rings. The van der Waals surface area contributed by atoms with E-state index < -0.39 is 0 Å². The topological polar surface area (TPSA) is 91.0 Å². The van der Waals surface area contributed by atoms with Crippen LogP contribution in [0.25, 0.3) is 0 Å². The Morgan fingerprint density at radius 3 is 2.96 bits per heavy atom. The largest absolute Gasteiger partial charge is 0.448 e. The lowest BCUT2D eigenvalue weighted by Crippen LogP contribution is -2.40. The number of cyclic esters (lactones) is 1. The van der Waals surface area contributed by atoms with Crippen LogP contribution in [0.1, 0.15) is 22.3 Å². The lowest BCUT2D eigenvalue weighted by molar-refractivity contribution is 0.0946. The first kappa shape index (κ1) is 15.7. The smallest absolute Gasteiger partial charge is 0.410 e. The van der Waals surface area contributed by atoms with Crippen LogP contribution in [0.15, 0.2) is 18.2 Å². The summed E-state index contributed by atoms with van der Waals surface area (Å²) < 4.78 is 4.96. The number of carbonyl (C=O) groups excluding carboxylic acids is 3. The zero-order valence-electron chi connectivity index (χ0n) is 13.8. The predicted molar refractivity (Wildman–Crippen MR) is 89.5 cm³/mol. The van der Waals surface area contributed by atoms with Gasteiger partial charge >= 0.3 is 12.1 Å². The van der Waals surface area contributed by atoms with Gasteiger partial charge in [0.2, 0.25) is 0 Å². The summed E-state index contributed by atoms with van der Waals surface area (Å²) in [5.74, 6) is -0.105. The van der Waals surface area contributed by atoms with Crippen LogP contribution < -0.4 is 10.6 Å². The molecule has 3 aliphatic heterocycles. The van der Waals surface area contributed by atoms with Gasteiger partial charge in [-0.1, -0.05) is 6.07 Å². The van der Waals surface area contributed by atoms with Gasteiger partial charge in [-0.15, -0.1) is 0 Å². The van der Waals surface area contributed by atoms with Crippen LogP contribution in [0.3, 0.4) is 0 Å².